The molecule has 0 unspecified atom stereocenters. The molecule has 0 spiro atoms. The van der Waals surface area contributed by atoms with Gasteiger partial charge in [-0.1, -0.05) is 0 Å². The average Bonchev–Trinajstić information content (AvgIpc) is 2.76. The first-order chi connectivity index (χ1) is 7.84. The number of nitrogens with zero attached hydrogens (tertiary/aromatic N) is 4. The Morgan fingerprint density at radius 1 is 1.12 bits per heavy atom. The normalized spacial score (nSPS) is 10.8. The minimum Gasteiger partial charge on any atom is -0.265 e. The largest absolute Gasteiger partial charge is 0.265 e. The fourth-order valence-corrected chi connectivity index (χ4v) is 1.92. The molecule has 0 aliphatic carbocycles. The third kappa shape index (κ3) is 1.49. The van der Waals surface area contributed by atoms with E-state index < -0.39 is 0 Å². The summed E-state index contributed by atoms with van der Waals surface area (Å²) in [7, 11) is 0. The second-order valence-corrected chi connectivity index (χ2v) is 4.15. The molecule has 0 radical (unpaired) electrons. The van der Waals surface area contributed by atoms with E-state index in [2.05, 4.69) is 31.0 Å². The summed E-state index contributed by atoms with van der Waals surface area (Å²) in [4.78, 5) is 8.43. The standard InChI is InChI=1S/C11H7BrN4/c12-9-2-1-7-16-11(9)14-10(15-16)8-3-5-13-6-4-8/h1-7H. The molecule has 0 aliphatic rings. The molecule has 0 saturated carbocycles. The third-order valence-electron chi connectivity index (χ3n) is 2.25. The van der Waals surface area contributed by atoms with Crippen LogP contribution in [0.5, 0.6) is 0 Å². The zero-order chi connectivity index (χ0) is 11.0. The molecule has 4 nitrogen and oxygen atoms in total. The second-order valence-electron chi connectivity index (χ2n) is 3.30. The maximum absolute atomic E-state index is 4.46. The van der Waals surface area contributed by atoms with Gasteiger partial charge >= 0.3 is 0 Å². The van der Waals surface area contributed by atoms with Gasteiger partial charge < -0.3 is 0 Å². The molecule has 0 atom stereocenters. The van der Waals surface area contributed by atoms with E-state index in [0.717, 1.165) is 15.7 Å². The van der Waals surface area contributed by atoms with E-state index in [9.17, 15) is 0 Å². The Morgan fingerprint density at radius 2 is 1.94 bits per heavy atom. The molecule has 0 N–H and O–H groups in total. The number of halogens is 1. The van der Waals surface area contributed by atoms with Crippen LogP contribution in [0.4, 0.5) is 0 Å². The lowest BCUT2D eigenvalue weighted by Crippen LogP contribution is -1.86. The number of pyridine rings is 2. The van der Waals surface area contributed by atoms with Crippen LogP contribution in [0.3, 0.4) is 0 Å². The maximum Gasteiger partial charge on any atom is 0.182 e. The third-order valence-corrected chi connectivity index (χ3v) is 2.87. The Labute approximate surface area is 100 Å². The van der Waals surface area contributed by atoms with Gasteiger partial charge in [0, 0.05) is 24.2 Å². The van der Waals surface area contributed by atoms with Crippen LogP contribution < -0.4 is 0 Å². The van der Waals surface area contributed by atoms with Gasteiger partial charge in [0.15, 0.2) is 11.5 Å². The Kier molecular flexibility index (Phi) is 2.18. The predicted octanol–water partition coefficient (Wildman–Crippen LogP) is 2.55. The molecule has 0 fully saturated rings. The summed E-state index contributed by atoms with van der Waals surface area (Å²) in [6.07, 6.45) is 5.34. The maximum atomic E-state index is 4.46. The lowest BCUT2D eigenvalue weighted by atomic mass is 10.3. The number of hydrogen-bond acceptors (Lipinski definition) is 3. The van der Waals surface area contributed by atoms with E-state index >= 15 is 0 Å². The minimum atomic E-state index is 0.703. The molecule has 16 heavy (non-hydrogen) atoms. The SMILES string of the molecule is Brc1cccn2nc(-c3ccncc3)nc12. The van der Waals surface area contributed by atoms with Gasteiger partial charge in [0.2, 0.25) is 0 Å². The van der Waals surface area contributed by atoms with Crippen LogP contribution in [0.25, 0.3) is 17.0 Å². The molecule has 0 bridgehead atoms. The fraction of sp³-hybridized carbons (Fsp3) is 0. The molecule has 0 aliphatic heterocycles. The molecular weight excluding hydrogens is 268 g/mol. The highest BCUT2D eigenvalue weighted by Gasteiger charge is 2.07. The highest BCUT2D eigenvalue weighted by Crippen LogP contribution is 2.19. The van der Waals surface area contributed by atoms with Crippen molar-refractivity contribution >= 4 is 21.6 Å². The van der Waals surface area contributed by atoms with Crippen molar-refractivity contribution in [1.29, 1.82) is 0 Å². The van der Waals surface area contributed by atoms with Crippen molar-refractivity contribution in [3.63, 3.8) is 0 Å². The van der Waals surface area contributed by atoms with Crippen molar-refractivity contribution in [2.45, 2.75) is 0 Å². The fourth-order valence-electron chi connectivity index (χ4n) is 1.50. The summed E-state index contributed by atoms with van der Waals surface area (Å²) in [5.41, 5.74) is 1.78. The zero-order valence-electron chi connectivity index (χ0n) is 8.21. The van der Waals surface area contributed by atoms with Gasteiger partial charge in [-0.25, -0.2) is 9.50 Å². The predicted molar refractivity (Wildman–Crippen MR) is 63.9 cm³/mol. The average molecular weight is 275 g/mol. The number of fused-ring (bicyclic) bond motifs is 1. The second kappa shape index (κ2) is 3.68. The van der Waals surface area contributed by atoms with Crippen molar-refractivity contribution < 1.29 is 0 Å². The van der Waals surface area contributed by atoms with E-state index in [0.29, 0.717) is 5.82 Å². The summed E-state index contributed by atoms with van der Waals surface area (Å²) < 4.78 is 2.68. The van der Waals surface area contributed by atoms with Gasteiger partial charge in [-0.15, -0.1) is 5.10 Å². The van der Waals surface area contributed by atoms with Crippen LogP contribution in [0, 0.1) is 0 Å². The molecule has 3 aromatic rings. The highest BCUT2D eigenvalue weighted by molar-refractivity contribution is 9.10. The molecule has 3 rings (SSSR count). The lowest BCUT2D eigenvalue weighted by Gasteiger charge is -1.90. The monoisotopic (exact) mass is 274 g/mol. The molecular formula is C11H7BrN4. The number of rotatable bonds is 1. The van der Waals surface area contributed by atoms with Gasteiger partial charge in [0.25, 0.3) is 0 Å². The van der Waals surface area contributed by atoms with Crippen LogP contribution >= 0.6 is 15.9 Å². The molecule has 78 valence electrons. The highest BCUT2D eigenvalue weighted by atomic mass is 79.9. The van der Waals surface area contributed by atoms with Gasteiger partial charge in [-0.05, 0) is 40.2 Å². The zero-order valence-corrected chi connectivity index (χ0v) is 9.79. The summed E-state index contributed by atoms with van der Waals surface area (Å²) >= 11 is 3.45. The Bertz CT molecular complexity index is 633. The smallest absolute Gasteiger partial charge is 0.182 e. The quantitative estimate of drug-likeness (QED) is 0.685. The van der Waals surface area contributed by atoms with Gasteiger partial charge in [-0.2, -0.15) is 0 Å². The first-order valence-corrected chi connectivity index (χ1v) is 5.55. The van der Waals surface area contributed by atoms with Crippen molar-refractivity contribution in [2.75, 3.05) is 0 Å². The topological polar surface area (TPSA) is 43.1 Å². The minimum absolute atomic E-state index is 0.703. The van der Waals surface area contributed by atoms with E-state index in [1.807, 2.05) is 30.5 Å². The molecule has 0 aromatic carbocycles. The summed E-state index contributed by atoms with van der Waals surface area (Å²) in [6.45, 7) is 0. The van der Waals surface area contributed by atoms with Crippen LogP contribution in [0.2, 0.25) is 0 Å². The number of hydrogen-bond donors (Lipinski definition) is 0. The Hall–Kier alpha value is -1.75. The van der Waals surface area contributed by atoms with E-state index in [1.165, 1.54) is 0 Å². The van der Waals surface area contributed by atoms with E-state index in [1.54, 1.807) is 16.9 Å². The van der Waals surface area contributed by atoms with Crippen LogP contribution in [0.1, 0.15) is 0 Å². The summed E-state index contributed by atoms with van der Waals surface area (Å²) in [5.74, 6) is 0.703. The molecule has 0 saturated heterocycles. The van der Waals surface area contributed by atoms with E-state index in [4.69, 9.17) is 0 Å². The molecule has 0 amide bonds. The van der Waals surface area contributed by atoms with Crippen LogP contribution in [-0.2, 0) is 0 Å². The first kappa shape index (κ1) is 9.47. The van der Waals surface area contributed by atoms with Gasteiger partial charge in [0.05, 0.1) is 4.47 Å². The van der Waals surface area contributed by atoms with Crippen molar-refractivity contribution in [2.24, 2.45) is 0 Å². The van der Waals surface area contributed by atoms with Crippen molar-refractivity contribution in [3.8, 4) is 11.4 Å². The van der Waals surface area contributed by atoms with Crippen LogP contribution in [0.15, 0.2) is 47.3 Å². The van der Waals surface area contributed by atoms with E-state index in [-0.39, 0.29) is 0 Å². The Balaban J connectivity index is 2.23. The number of aromatic nitrogens is 4. The summed E-state index contributed by atoms with van der Waals surface area (Å²) in [5, 5.41) is 4.39. The van der Waals surface area contributed by atoms with Gasteiger partial charge in [-0.3, -0.25) is 4.98 Å². The summed E-state index contributed by atoms with van der Waals surface area (Å²) in [6, 6.07) is 7.65. The Morgan fingerprint density at radius 3 is 2.69 bits per heavy atom. The molecule has 3 aromatic heterocycles. The lowest BCUT2D eigenvalue weighted by molar-refractivity contribution is 0.963. The van der Waals surface area contributed by atoms with Crippen molar-refractivity contribution in [1.82, 2.24) is 19.6 Å². The van der Waals surface area contributed by atoms with Crippen LogP contribution in [-0.4, -0.2) is 19.6 Å². The molecule has 5 heteroatoms. The molecule has 3 heterocycles. The van der Waals surface area contributed by atoms with Crippen molar-refractivity contribution in [3.05, 3.63) is 47.3 Å². The first-order valence-electron chi connectivity index (χ1n) is 4.76. The van der Waals surface area contributed by atoms with Gasteiger partial charge in [0.1, 0.15) is 0 Å².